The van der Waals surface area contributed by atoms with Crippen LogP contribution in [0.15, 0.2) is 10.3 Å². The summed E-state index contributed by atoms with van der Waals surface area (Å²) in [4.78, 5) is 0. The lowest BCUT2D eigenvalue weighted by Gasteiger charge is -2.00. The van der Waals surface area contributed by atoms with Gasteiger partial charge in [0.25, 0.3) is 0 Å². The largest absolute Gasteiger partial charge is 0.411 e. The summed E-state index contributed by atoms with van der Waals surface area (Å²) in [5.74, 6) is -0.277. The molecule has 0 saturated carbocycles. The molecule has 0 amide bonds. The molecule has 3 N–H and O–H groups in total. The van der Waals surface area contributed by atoms with Gasteiger partial charge in [-0.1, -0.05) is 0 Å². The average Bonchev–Trinajstić information content (AvgIpc) is 1.98. The van der Waals surface area contributed by atoms with Gasteiger partial charge < -0.3 is 15.5 Å². The quantitative estimate of drug-likeness (QED) is 0.294. The number of aliphatic hydroxyl groups excluding tert-OH is 1. The highest BCUT2D eigenvalue weighted by Crippen LogP contribution is 1.94. The minimum Gasteiger partial charge on any atom is -0.411 e. The molecule has 0 aliphatic carbocycles. The van der Waals surface area contributed by atoms with Crippen LogP contribution in [-0.4, -0.2) is 34.6 Å². The molecule has 0 heterocycles. The zero-order valence-corrected chi connectivity index (χ0v) is 5.38. The van der Waals surface area contributed by atoms with Gasteiger partial charge in [0.2, 0.25) is 0 Å². The van der Waals surface area contributed by atoms with Crippen LogP contribution in [0.4, 0.5) is 0 Å². The summed E-state index contributed by atoms with van der Waals surface area (Å²) < 4.78 is 0. The molecule has 0 spiro atoms. The molecule has 58 valence electrons. The first kappa shape index (κ1) is 8.90. The van der Waals surface area contributed by atoms with Crippen LogP contribution in [0.2, 0.25) is 0 Å². The third-order valence-corrected chi connectivity index (χ3v) is 1.00. The summed E-state index contributed by atoms with van der Waals surface area (Å²) in [6.07, 6.45) is 2.77. The second-order valence-electron chi connectivity index (χ2n) is 1.74. The highest BCUT2D eigenvalue weighted by molar-refractivity contribution is 5.67. The van der Waals surface area contributed by atoms with Crippen LogP contribution in [0.25, 0.3) is 0 Å². The zero-order chi connectivity index (χ0) is 7.82. The minimum absolute atomic E-state index is 0.129. The first-order valence-electron chi connectivity index (χ1n) is 2.79. The van der Waals surface area contributed by atoms with E-state index in [4.69, 9.17) is 15.5 Å². The zero-order valence-electron chi connectivity index (χ0n) is 5.38. The number of hydrogen-bond acceptors (Lipinski definition) is 5. The van der Waals surface area contributed by atoms with E-state index in [9.17, 15) is 0 Å². The molecule has 0 aromatic heterocycles. The molecule has 5 nitrogen and oxygen atoms in total. The Morgan fingerprint density at radius 3 is 2.40 bits per heavy atom. The Balaban J connectivity index is 3.60. The maximum atomic E-state index is 8.54. The lowest BCUT2D eigenvalue weighted by molar-refractivity contribution is 0.259. The van der Waals surface area contributed by atoms with Crippen molar-refractivity contribution in [1.29, 1.82) is 0 Å². The van der Waals surface area contributed by atoms with Gasteiger partial charge in [-0.3, -0.25) is 0 Å². The molecule has 1 atom stereocenters. The third-order valence-electron chi connectivity index (χ3n) is 1.00. The fourth-order valence-corrected chi connectivity index (χ4v) is 0.459. The van der Waals surface area contributed by atoms with E-state index in [2.05, 4.69) is 10.3 Å². The molecular weight excluding hydrogens is 136 g/mol. The summed E-state index contributed by atoms with van der Waals surface area (Å²) in [7, 11) is 0. The van der Waals surface area contributed by atoms with Crippen molar-refractivity contribution >= 4 is 12.4 Å². The Morgan fingerprint density at radius 2 is 2.00 bits per heavy atom. The van der Waals surface area contributed by atoms with Crippen LogP contribution in [0.3, 0.4) is 0 Å². The topological polar surface area (TPSA) is 85.4 Å². The summed E-state index contributed by atoms with van der Waals surface area (Å²) in [5.41, 5.74) is 0. The third kappa shape index (κ3) is 3.85. The number of nitrogens with zero attached hydrogens (tertiary/aromatic N) is 2. The smallest absolute Gasteiger partial charge is 0.0513 e. The molecule has 0 rings (SSSR count). The maximum absolute atomic E-state index is 8.54. The van der Waals surface area contributed by atoms with Crippen molar-refractivity contribution in [1.82, 2.24) is 0 Å². The van der Waals surface area contributed by atoms with Gasteiger partial charge in [0.05, 0.1) is 6.61 Å². The summed E-state index contributed by atoms with van der Waals surface area (Å²) >= 11 is 0. The highest BCUT2D eigenvalue weighted by atomic mass is 16.4. The molecule has 1 unspecified atom stereocenters. The lowest BCUT2D eigenvalue weighted by atomic mass is 10.1. The van der Waals surface area contributed by atoms with Crippen molar-refractivity contribution in [3.8, 4) is 0 Å². The standard InChI is InChI=1S/C5H10N2O3/c8-4-5(3-7-10)1-2-6-9/h2-3,5,8-10H,1,4H2/b6-2+,7-3+. The van der Waals surface area contributed by atoms with Crippen molar-refractivity contribution in [2.45, 2.75) is 6.42 Å². The van der Waals surface area contributed by atoms with Gasteiger partial charge in [-0.2, -0.15) is 0 Å². The SMILES string of the molecule is OCC(/C=N/O)C/C=N/O. The Hall–Kier alpha value is -1.10. The van der Waals surface area contributed by atoms with Gasteiger partial charge in [0.1, 0.15) is 0 Å². The van der Waals surface area contributed by atoms with Crippen LogP contribution >= 0.6 is 0 Å². The number of aliphatic hydroxyl groups is 1. The molecule has 0 aromatic rings. The molecule has 5 heteroatoms. The van der Waals surface area contributed by atoms with E-state index >= 15 is 0 Å². The molecule has 0 aromatic carbocycles. The van der Waals surface area contributed by atoms with Crippen LogP contribution < -0.4 is 0 Å². The fraction of sp³-hybridized carbons (Fsp3) is 0.600. The summed E-state index contributed by atoms with van der Waals surface area (Å²) in [6.45, 7) is -0.129. The highest BCUT2D eigenvalue weighted by Gasteiger charge is 2.00. The number of oxime groups is 2. The van der Waals surface area contributed by atoms with Crippen molar-refractivity contribution in [3.63, 3.8) is 0 Å². The molecule has 0 aliphatic rings. The van der Waals surface area contributed by atoms with E-state index in [0.717, 1.165) is 0 Å². The number of hydrogen-bond donors (Lipinski definition) is 3. The molecule has 0 bridgehead atoms. The normalized spacial score (nSPS) is 14.9. The van der Waals surface area contributed by atoms with Crippen molar-refractivity contribution < 1.29 is 15.5 Å². The molecule has 10 heavy (non-hydrogen) atoms. The van der Waals surface area contributed by atoms with Crippen LogP contribution in [-0.2, 0) is 0 Å². The average molecular weight is 146 g/mol. The van der Waals surface area contributed by atoms with Gasteiger partial charge in [-0.25, -0.2) is 0 Å². The Morgan fingerprint density at radius 1 is 1.30 bits per heavy atom. The maximum Gasteiger partial charge on any atom is 0.0513 e. The molecule has 0 aliphatic heterocycles. The predicted octanol–water partition coefficient (Wildman–Crippen LogP) is -0.0950. The van der Waals surface area contributed by atoms with Gasteiger partial charge in [-0.05, 0) is 6.42 Å². The van der Waals surface area contributed by atoms with Gasteiger partial charge >= 0.3 is 0 Å². The molecule has 0 radical (unpaired) electrons. The molecular formula is C5H10N2O3. The summed E-state index contributed by atoms with van der Waals surface area (Å²) in [6, 6.07) is 0. The first-order valence-corrected chi connectivity index (χ1v) is 2.79. The van der Waals surface area contributed by atoms with Crippen molar-refractivity contribution in [2.24, 2.45) is 16.2 Å². The Kier molecular flexibility index (Phi) is 5.36. The van der Waals surface area contributed by atoms with Gasteiger partial charge in [0.15, 0.2) is 0 Å². The monoisotopic (exact) mass is 146 g/mol. The Labute approximate surface area is 58.3 Å². The van der Waals surface area contributed by atoms with Crippen LogP contribution in [0, 0.1) is 5.92 Å². The minimum atomic E-state index is -0.277. The number of rotatable bonds is 4. The van der Waals surface area contributed by atoms with Crippen LogP contribution in [0.5, 0.6) is 0 Å². The van der Waals surface area contributed by atoms with Crippen molar-refractivity contribution in [2.75, 3.05) is 6.61 Å². The second-order valence-corrected chi connectivity index (χ2v) is 1.74. The van der Waals surface area contributed by atoms with Gasteiger partial charge in [-0.15, -0.1) is 10.3 Å². The van der Waals surface area contributed by atoms with E-state index in [1.54, 1.807) is 0 Å². The second kappa shape index (κ2) is 6.03. The predicted molar refractivity (Wildman–Crippen MR) is 35.7 cm³/mol. The lowest BCUT2D eigenvalue weighted by Crippen LogP contribution is -2.07. The van der Waals surface area contributed by atoms with E-state index in [0.29, 0.717) is 6.42 Å². The Bertz CT molecular complexity index is 124. The first-order chi connectivity index (χ1) is 4.85. The van der Waals surface area contributed by atoms with E-state index in [1.807, 2.05) is 0 Å². The van der Waals surface area contributed by atoms with Crippen LogP contribution in [0.1, 0.15) is 6.42 Å². The van der Waals surface area contributed by atoms with E-state index < -0.39 is 0 Å². The fourth-order valence-electron chi connectivity index (χ4n) is 0.459. The van der Waals surface area contributed by atoms with E-state index in [-0.39, 0.29) is 12.5 Å². The summed E-state index contributed by atoms with van der Waals surface area (Å²) in [5, 5.41) is 30.0. The van der Waals surface area contributed by atoms with Gasteiger partial charge in [0, 0.05) is 18.3 Å². The van der Waals surface area contributed by atoms with Crippen molar-refractivity contribution in [3.05, 3.63) is 0 Å². The molecule has 0 saturated heterocycles. The van der Waals surface area contributed by atoms with E-state index in [1.165, 1.54) is 12.4 Å². The molecule has 0 fully saturated rings.